The van der Waals surface area contributed by atoms with E-state index in [0.29, 0.717) is 22.5 Å². The highest BCUT2D eigenvalue weighted by Crippen LogP contribution is 2.34. The first-order chi connectivity index (χ1) is 13.0. The number of rotatable bonds is 3. The van der Waals surface area contributed by atoms with Crippen molar-refractivity contribution in [3.8, 4) is 17.7 Å². The summed E-state index contributed by atoms with van der Waals surface area (Å²) < 4.78 is 1.27. The van der Waals surface area contributed by atoms with Crippen LogP contribution in [0.3, 0.4) is 0 Å². The van der Waals surface area contributed by atoms with Crippen LogP contribution in [0.4, 0.5) is 5.82 Å². The van der Waals surface area contributed by atoms with Crippen LogP contribution in [0, 0.1) is 18.4 Å². The molecule has 1 atom stereocenters. The van der Waals surface area contributed by atoms with Gasteiger partial charge in [0.2, 0.25) is 6.19 Å². The second-order valence-corrected chi connectivity index (χ2v) is 6.28. The molecule has 0 aliphatic carbocycles. The van der Waals surface area contributed by atoms with Crippen LogP contribution in [0.2, 0.25) is 0 Å². The van der Waals surface area contributed by atoms with E-state index in [9.17, 15) is 10.2 Å². The minimum absolute atomic E-state index is 0.154. The van der Waals surface area contributed by atoms with Crippen molar-refractivity contribution in [1.82, 2.24) is 19.7 Å². The largest absolute Gasteiger partial charge is 0.504 e. The number of anilines is 1. The number of phenols is 2. The number of aromatic hydroxyl groups is 2. The molecule has 2 aromatic heterocycles. The van der Waals surface area contributed by atoms with Crippen molar-refractivity contribution in [2.45, 2.75) is 19.9 Å². The molecule has 0 radical (unpaired) electrons. The number of hydrogen-bond acceptors (Lipinski definition) is 7. The normalized spacial score (nSPS) is 12.2. The third-order valence-electron chi connectivity index (χ3n) is 4.47. The fourth-order valence-electron chi connectivity index (χ4n) is 3.19. The Labute approximate surface area is 154 Å². The van der Waals surface area contributed by atoms with Gasteiger partial charge in [0, 0.05) is 16.8 Å². The van der Waals surface area contributed by atoms with Crippen LogP contribution in [0.1, 0.15) is 24.4 Å². The van der Waals surface area contributed by atoms with Crippen LogP contribution in [0.5, 0.6) is 11.5 Å². The Morgan fingerprint density at radius 2 is 1.93 bits per heavy atom. The average molecular weight is 360 g/mol. The van der Waals surface area contributed by atoms with Crippen LogP contribution in [0.15, 0.2) is 36.5 Å². The predicted molar refractivity (Wildman–Crippen MR) is 100 cm³/mol. The maximum absolute atomic E-state index is 9.86. The van der Waals surface area contributed by atoms with Gasteiger partial charge in [-0.15, -0.1) is 0 Å². The van der Waals surface area contributed by atoms with E-state index < -0.39 is 0 Å². The number of phenolic OH excluding ortho intramolecular Hbond substituents is 2. The van der Waals surface area contributed by atoms with Gasteiger partial charge in [0.05, 0.1) is 23.3 Å². The quantitative estimate of drug-likeness (QED) is 0.480. The molecule has 0 amide bonds. The zero-order valence-corrected chi connectivity index (χ0v) is 14.7. The topological polar surface area (TPSA) is 120 Å². The van der Waals surface area contributed by atoms with Gasteiger partial charge >= 0.3 is 0 Å². The minimum atomic E-state index is -0.233. The van der Waals surface area contributed by atoms with E-state index in [-0.39, 0.29) is 17.5 Å². The lowest BCUT2D eigenvalue weighted by atomic mass is 10.0. The van der Waals surface area contributed by atoms with Crippen LogP contribution in [-0.2, 0) is 0 Å². The predicted octanol–water partition coefficient (Wildman–Crippen LogP) is 3.20. The molecule has 2 heterocycles. The molecule has 4 rings (SSSR count). The molecule has 8 heteroatoms. The number of aromatic nitrogens is 4. The molecule has 3 N–H and O–H groups in total. The number of nitriles is 1. The maximum Gasteiger partial charge on any atom is 0.206 e. The summed E-state index contributed by atoms with van der Waals surface area (Å²) in [6, 6.07) is 8.37. The summed E-state index contributed by atoms with van der Waals surface area (Å²) in [5.74, 6) is 0.624. The lowest BCUT2D eigenvalue weighted by Gasteiger charge is -2.18. The smallest absolute Gasteiger partial charge is 0.206 e. The number of aryl methyl sites for hydroxylation is 1. The van der Waals surface area contributed by atoms with Crippen LogP contribution < -0.4 is 5.32 Å². The molecule has 134 valence electrons. The zero-order valence-electron chi connectivity index (χ0n) is 14.7. The fourth-order valence-corrected chi connectivity index (χ4v) is 3.19. The van der Waals surface area contributed by atoms with Gasteiger partial charge in [-0.25, -0.2) is 9.97 Å². The van der Waals surface area contributed by atoms with Crippen LogP contribution >= 0.6 is 0 Å². The number of hydrogen-bond donors (Lipinski definition) is 3. The minimum Gasteiger partial charge on any atom is -0.504 e. The molecular formula is C19H16N6O2. The molecule has 2 aromatic carbocycles. The molecule has 0 fully saturated rings. The summed E-state index contributed by atoms with van der Waals surface area (Å²) in [5.41, 5.74) is 2.22. The van der Waals surface area contributed by atoms with Crippen molar-refractivity contribution in [1.29, 1.82) is 5.26 Å². The van der Waals surface area contributed by atoms with Crippen molar-refractivity contribution in [3.63, 3.8) is 0 Å². The molecule has 27 heavy (non-hydrogen) atoms. The van der Waals surface area contributed by atoms with Gasteiger partial charge in [0.15, 0.2) is 11.5 Å². The lowest BCUT2D eigenvalue weighted by Crippen LogP contribution is -2.10. The van der Waals surface area contributed by atoms with Gasteiger partial charge in [-0.3, -0.25) is 0 Å². The molecule has 0 aliphatic heterocycles. The van der Waals surface area contributed by atoms with Crippen LogP contribution in [0.25, 0.3) is 21.8 Å². The van der Waals surface area contributed by atoms with Gasteiger partial charge in [-0.1, -0.05) is 12.1 Å². The van der Waals surface area contributed by atoms with E-state index in [0.717, 1.165) is 16.5 Å². The van der Waals surface area contributed by atoms with Crippen molar-refractivity contribution < 1.29 is 10.2 Å². The van der Waals surface area contributed by atoms with E-state index >= 15 is 0 Å². The molecule has 0 bridgehead atoms. The van der Waals surface area contributed by atoms with Gasteiger partial charge < -0.3 is 15.5 Å². The van der Waals surface area contributed by atoms with Crippen LogP contribution in [-0.4, -0.2) is 30.0 Å². The van der Waals surface area contributed by atoms with Crippen molar-refractivity contribution in [2.24, 2.45) is 0 Å². The molecule has 8 nitrogen and oxygen atoms in total. The third-order valence-corrected chi connectivity index (χ3v) is 4.47. The van der Waals surface area contributed by atoms with Gasteiger partial charge in [0.25, 0.3) is 0 Å². The highest BCUT2D eigenvalue weighted by Gasteiger charge is 2.16. The first-order valence-electron chi connectivity index (χ1n) is 8.31. The Balaban J connectivity index is 1.80. The molecule has 0 aliphatic rings. The summed E-state index contributed by atoms with van der Waals surface area (Å²) in [6.07, 6.45) is 3.69. The Morgan fingerprint density at radius 3 is 2.70 bits per heavy atom. The third kappa shape index (κ3) is 2.75. The molecule has 4 aromatic rings. The Kier molecular flexibility index (Phi) is 3.78. The second kappa shape index (κ2) is 6.14. The fraction of sp³-hybridized carbons (Fsp3) is 0.158. The van der Waals surface area contributed by atoms with E-state index in [4.69, 9.17) is 5.26 Å². The standard InChI is InChI=1S/C19H16N6O2/c1-10(12-4-3-5-16-14(12)8-21-25(16)9-20)22-19-13-6-17(26)18(27)7-15(13)23-11(2)24-19/h3-8,10,26-27H,1-2H3,(H,22,23,24). The van der Waals surface area contributed by atoms with Gasteiger partial charge in [-0.2, -0.15) is 15.0 Å². The Morgan fingerprint density at radius 1 is 1.15 bits per heavy atom. The number of fused-ring (bicyclic) bond motifs is 2. The first-order valence-corrected chi connectivity index (χ1v) is 8.31. The van der Waals surface area contributed by atoms with Crippen molar-refractivity contribution in [2.75, 3.05) is 5.32 Å². The number of nitrogens with one attached hydrogen (secondary N) is 1. The SMILES string of the molecule is Cc1nc(NC(C)c2cccc3c2cnn3C#N)c2cc(O)c(O)cc2n1. The molecule has 0 saturated carbocycles. The van der Waals surface area contributed by atoms with Crippen molar-refractivity contribution in [3.05, 3.63) is 47.9 Å². The first kappa shape index (κ1) is 16.6. The van der Waals surface area contributed by atoms with E-state index in [1.54, 1.807) is 13.1 Å². The summed E-state index contributed by atoms with van der Waals surface area (Å²) in [7, 11) is 0. The Bertz CT molecular complexity index is 1220. The monoisotopic (exact) mass is 360 g/mol. The molecule has 1 unspecified atom stereocenters. The highest BCUT2D eigenvalue weighted by atomic mass is 16.3. The van der Waals surface area contributed by atoms with Gasteiger partial charge in [-0.05, 0) is 31.5 Å². The second-order valence-electron chi connectivity index (χ2n) is 6.28. The number of benzene rings is 2. The zero-order chi connectivity index (χ0) is 19.1. The molecule has 0 saturated heterocycles. The summed E-state index contributed by atoms with van der Waals surface area (Å²) in [5, 5.41) is 37.7. The van der Waals surface area contributed by atoms with Crippen molar-refractivity contribution >= 4 is 27.6 Å². The number of nitrogens with zero attached hydrogens (tertiary/aromatic N) is 5. The molecule has 0 spiro atoms. The molecular weight excluding hydrogens is 344 g/mol. The highest BCUT2D eigenvalue weighted by molar-refractivity contribution is 5.92. The summed E-state index contributed by atoms with van der Waals surface area (Å²) in [4.78, 5) is 8.76. The van der Waals surface area contributed by atoms with E-state index in [1.165, 1.54) is 16.8 Å². The summed E-state index contributed by atoms with van der Waals surface area (Å²) >= 11 is 0. The Hall–Kier alpha value is -3.86. The average Bonchev–Trinajstić information content (AvgIpc) is 3.06. The van der Waals surface area contributed by atoms with E-state index in [2.05, 4.69) is 20.4 Å². The summed E-state index contributed by atoms with van der Waals surface area (Å²) in [6.45, 7) is 3.74. The lowest BCUT2D eigenvalue weighted by molar-refractivity contribution is 0.405. The maximum atomic E-state index is 9.86. The van der Waals surface area contributed by atoms with E-state index in [1.807, 2.05) is 31.3 Å². The van der Waals surface area contributed by atoms with Gasteiger partial charge in [0.1, 0.15) is 11.6 Å².